The van der Waals surface area contributed by atoms with E-state index in [1.807, 2.05) is 36.4 Å². The van der Waals surface area contributed by atoms with E-state index in [4.69, 9.17) is 4.74 Å². The summed E-state index contributed by atoms with van der Waals surface area (Å²) in [4.78, 5) is 15.0. The molecule has 0 aliphatic heterocycles. The number of benzene rings is 1. The first-order valence-corrected chi connectivity index (χ1v) is 5.50. The molecule has 0 saturated heterocycles. The lowest BCUT2D eigenvalue weighted by Gasteiger charge is -2.10. The summed E-state index contributed by atoms with van der Waals surface area (Å²) in [7, 11) is 1.33. The van der Waals surface area contributed by atoms with Crippen LogP contribution in [0.2, 0.25) is 0 Å². The van der Waals surface area contributed by atoms with Crippen molar-refractivity contribution in [2.75, 3.05) is 13.7 Å². The number of esters is 1. The number of carbonyl (C=O) groups excluding carboxylic acids is 1. The van der Waals surface area contributed by atoms with Crippen molar-refractivity contribution < 1.29 is 14.3 Å². The van der Waals surface area contributed by atoms with Crippen molar-refractivity contribution in [2.24, 2.45) is 0 Å². The molecule has 1 heterocycles. The van der Waals surface area contributed by atoms with Gasteiger partial charge in [0.15, 0.2) is 6.61 Å². The third-order valence-corrected chi connectivity index (χ3v) is 2.45. The van der Waals surface area contributed by atoms with Crippen molar-refractivity contribution >= 4 is 5.97 Å². The van der Waals surface area contributed by atoms with Crippen LogP contribution >= 0.6 is 0 Å². The van der Waals surface area contributed by atoms with E-state index in [0.717, 1.165) is 11.1 Å². The Morgan fingerprint density at radius 3 is 2.61 bits per heavy atom. The van der Waals surface area contributed by atoms with Gasteiger partial charge in [0.05, 0.1) is 7.11 Å². The van der Waals surface area contributed by atoms with Gasteiger partial charge in [-0.1, -0.05) is 18.2 Å². The van der Waals surface area contributed by atoms with Gasteiger partial charge in [-0.3, -0.25) is 4.98 Å². The fraction of sp³-hybridized carbons (Fsp3) is 0.143. The Bertz CT molecular complexity index is 526. The van der Waals surface area contributed by atoms with Crippen LogP contribution in [0.15, 0.2) is 48.8 Å². The van der Waals surface area contributed by atoms with Gasteiger partial charge in [-0.15, -0.1) is 0 Å². The van der Waals surface area contributed by atoms with Gasteiger partial charge in [0.25, 0.3) is 0 Å². The molecule has 0 N–H and O–H groups in total. The van der Waals surface area contributed by atoms with Crippen LogP contribution in [-0.2, 0) is 9.53 Å². The van der Waals surface area contributed by atoms with Crippen LogP contribution in [0.4, 0.5) is 0 Å². The van der Waals surface area contributed by atoms with E-state index in [9.17, 15) is 4.79 Å². The molecule has 4 nitrogen and oxygen atoms in total. The SMILES string of the molecule is COC(=O)COc1ccccc1-c1ccncc1. The van der Waals surface area contributed by atoms with Crippen molar-refractivity contribution in [1.29, 1.82) is 0 Å². The fourth-order valence-electron chi connectivity index (χ4n) is 1.56. The van der Waals surface area contributed by atoms with E-state index >= 15 is 0 Å². The van der Waals surface area contributed by atoms with Gasteiger partial charge in [-0.05, 0) is 23.8 Å². The molecule has 0 unspecified atom stereocenters. The Morgan fingerprint density at radius 1 is 1.17 bits per heavy atom. The molecule has 2 rings (SSSR count). The van der Waals surface area contributed by atoms with Crippen LogP contribution in [0.1, 0.15) is 0 Å². The number of aromatic nitrogens is 1. The van der Waals surface area contributed by atoms with Crippen molar-refractivity contribution in [3.05, 3.63) is 48.8 Å². The number of nitrogens with zero attached hydrogens (tertiary/aromatic N) is 1. The topological polar surface area (TPSA) is 48.4 Å². The molecule has 0 aliphatic rings. The van der Waals surface area contributed by atoms with Crippen LogP contribution in [0.5, 0.6) is 5.75 Å². The minimum Gasteiger partial charge on any atom is -0.481 e. The summed E-state index contributed by atoms with van der Waals surface area (Å²) >= 11 is 0. The molecular weight excluding hydrogens is 230 g/mol. The van der Waals surface area contributed by atoms with Gasteiger partial charge in [-0.2, -0.15) is 0 Å². The van der Waals surface area contributed by atoms with Gasteiger partial charge in [0.2, 0.25) is 0 Å². The number of carbonyl (C=O) groups is 1. The molecule has 1 aromatic heterocycles. The van der Waals surface area contributed by atoms with Gasteiger partial charge >= 0.3 is 5.97 Å². The molecule has 0 atom stereocenters. The molecule has 0 spiro atoms. The largest absolute Gasteiger partial charge is 0.481 e. The third kappa shape index (κ3) is 2.85. The summed E-state index contributed by atoms with van der Waals surface area (Å²) in [5, 5.41) is 0. The zero-order valence-electron chi connectivity index (χ0n) is 10.00. The number of ether oxygens (including phenoxy) is 2. The van der Waals surface area contributed by atoms with Crippen molar-refractivity contribution in [1.82, 2.24) is 4.98 Å². The molecule has 0 fully saturated rings. The summed E-state index contributed by atoms with van der Waals surface area (Å²) in [6, 6.07) is 11.3. The molecular formula is C14H13NO3. The van der Waals surface area contributed by atoms with E-state index in [1.165, 1.54) is 7.11 Å². The molecule has 18 heavy (non-hydrogen) atoms. The number of hydrogen-bond donors (Lipinski definition) is 0. The van der Waals surface area contributed by atoms with Crippen molar-refractivity contribution in [2.45, 2.75) is 0 Å². The second kappa shape index (κ2) is 5.82. The van der Waals surface area contributed by atoms with Crippen LogP contribution < -0.4 is 4.74 Å². The first-order chi connectivity index (χ1) is 8.81. The van der Waals surface area contributed by atoms with Gasteiger partial charge in [0, 0.05) is 18.0 Å². The Balaban J connectivity index is 2.24. The van der Waals surface area contributed by atoms with E-state index in [1.54, 1.807) is 12.4 Å². The standard InChI is InChI=1S/C14H13NO3/c1-17-14(16)10-18-13-5-3-2-4-12(13)11-6-8-15-9-7-11/h2-9H,10H2,1H3. The quantitative estimate of drug-likeness (QED) is 0.773. The van der Waals surface area contributed by atoms with E-state index in [-0.39, 0.29) is 6.61 Å². The highest BCUT2D eigenvalue weighted by Gasteiger charge is 2.07. The smallest absolute Gasteiger partial charge is 0.343 e. The average Bonchev–Trinajstić information content (AvgIpc) is 2.46. The maximum Gasteiger partial charge on any atom is 0.343 e. The Morgan fingerprint density at radius 2 is 1.89 bits per heavy atom. The second-order valence-corrected chi connectivity index (χ2v) is 3.60. The molecule has 0 bridgehead atoms. The minimum atomic E-state index is -0.403. The summed E-state index contributed by atoms with van der Waals surface area (Å²) < 4.78 is 9.99. The predicted molar refractivity (Wildman–Crippen MR) is 67.2 cm³/mol. The lowest BCUT2D eigenvalue weighted by atomic mass is 10.1. The van der Waals surface area contributed by atoms with Gasteiger partial charge in [0.1, 0.15) is 5.75 Å². The molecule has 4 heteroatoms. The molecule has 0 aliphatic carbocycles. The Kier molecular flexibility index (Phi) is 3.91. The molecule has 0 amide bonds. The maximum absolute atomic E-state index is 11.1. The summed E-state index contributed by atoms with van der Waals surface area (Å²) in [6.45, 7) is -0.0986. The van der Waals surface area contributed by atoms with Gasteiger partial charge < -0.3 is 9.47 Å². The highest BCUT2D eigenvalue weighted by atomic mass is 16.6. The third-order valence-electron chi connectivity index (χ3n) is 2.45. The van der Waals surface area contributed by atoms with E-state index < -0.39 is 5.97 Å². The van der Waals surface area contributed by atoms with Crippen LogP contribution in [0, 0.1) is 0 Å². The summed E-state index contributed by atoms with van der Waals surface area (Å²) in [5.74, 6) is 0.244. The summed E-state index contributed by atoms with van der Waals surface area (Å²) in [6.07, 6.45) is 3.43. The molecule has 0 saturated carbocycles. The van der Waals surface area contributed by atoms with Crippen LogP contribution in [0.25, 0.3) is 11.1 Å². The number of hydrogen-bond acceptors (Lipinski definition) is 4. The minimum absolute atomic E-state index is 0.0986. The number of pyridine rings is 1. The molecule has 0 radical (unpaired) electrons. The highest BCUT2D eigenvalue weighted by molar-refractivity contribution is 5.73. The monoisotopic (exact) mass is 243 g/mol. The summed E-state index contributed by atoms with van der Waals surface area (Å²) in [5.41, 5.74) is 1.91. The first-order valence-electron chi connectivity index (χ1n) is 5.50. The van der Waals surface area contributed by atoms with Crippen molar-refractivity contribution in [3.8, 4) is 16.9 Å². The Labute approximate surface area is 105 Å². The van der Waals surface area contributed by atoms with Crippen molar-refractivity contribution in [3.63, 3.8) is 0 Å². The first kappa shape index (κ1) is 12.1. The number of methoxy groups -OCH3 is 1. The lowest BCUT2D eigenvalue weighted by Crippen LogP contribution is -2.12. The Hall–Kier alpha value is -2.36. The average molecular weight is 243 g/mol. The van der Waals surface area contributed by atoms with Crippen LogP contribution in [-0.4, -0.2) is 24.7 Å². The highest BCUT2D eigenvalue weighted by Crippen LogP contribution is 2.29. The molecule has 2 aromatic rings. The van der Waals surface area contributed by atoms with Gasteiger partial charge in [-0.25, -0.2) is 4.79 Å². The maximum atomic E-state index is 11.1. The second-order valence-electron chi connectivity index (χ2n) is 3.60. The fourth-order valence-corrected chi connectivity index (χ4v) is 1.56. The zero-order valence-corrected chi connectivity index (χ0v) is 10.00. The normalized spacial score (nSPS) is 9.83. The van der Waals surface area contributed by atoms with E-state index in [0.29, 0.717) is 5.75 Å². The van der Waals surface area contributed by atoms with Crippen LogP contribution in [0.3, 0.4) is 0 Å². The molecule has 1 aromatic carbocycles. The predicted octanol–water partition coefficient (Wildman–Crippen LogP) is 2.30. The molecule has 92 valence electrons. The lowest BCUT2D eigenvalue weighted by molar-refractivity contribution is -0.142. The van der Waals surface area contributed by atoms with E-state index in [2.05, 4.69) is 9.72 Å². The zero-order chi connectivity index (χ0) is 12.8. The number of para-hydroxylation sites is 1. The number of rotatable bonds is 4.